The Balaban J connectivity index is 1.89. The van der Waals surface area contributed by atoms with E-state index in [0.29, 0.717) is 17.6 Å². The van der Waals surface area contributed by atoms with Crippen molar-refractivity contribution >= 4 is 0 Å². The monoisotopic (exact) mass is 197 g/mol. The molecule has 14 heavy (non-hydrogen) atoms. The van der Waals surface area contributed by atoms with Gasteiger partial charge >= 0.3 is 0 Å². The quantitative estimate of drug-likeness (QED) is 0.719. The fourth-order valence-corrected chi connectivity index (χ4v) is 1.77. The molecule has 1 aromatic heterocycles. The summed E-state index contributed by atoms with van der Waals surface area (Å²) < 4.78 is 5.02. The Hall–Kier alpha value is -0.940. The first-order valence-electron chi connectivity index (χ1n) is 5.01. The van der Waals surface area contributed by atoms with E-state index in [2.05, 4.69) is 15.5 Å². The Bertz CT molecular complexity index is 281. The smallest absolute Gasteiger partial charge is 0.227 e. The molecule has 1 saturated heterocycles. The molecule has 0 atom stereocenters. The van der Waals surface area contributed by atoms with Gasteiger partial charge in [0.25, 0.3) is 0 Å². The molecule has 1 aliphatic rings. The van der Waals surface area contributed by atoms with Crippen LogP contribution in [0, 0.1) is 5.92 Å². The van der Waals surface area contributed by atoms with Gasteiger partial charge in [-0.2, -0.15) is 4.98 Å². The van der Waals surface area contributed by atoms with Crippen LogP contribution in [0.5, 0.6) is 0 Å². The van der Waals surface area contributed by atoms with Crippen molar-refractivity contribution in [3.05, 3.63) is 11.7 Å². The third-order valence-electron chi connectivity index (χ3n) is 2.57. The van der Waals surface area contributed by atoms with E-state index in [1.165, 1.54) is 0 Å². The number of nitrogens with one attached hydrogen (secondary N) is 1. The minimum Gasteiger partial charge on any atom is -0.388 e. The van der Waals surface area contributed by atoms with Crippen LogP contribution in [-0.4, -0.2) is 28.3 Å². The summed E-state index contributed by atoms with van der Waals surface area (Å²) in [5.74, 6) is 1.68. The molecule has 0 spiro atoms. The lowest BCUT2D eigenvalue weighted by Crippen LogP contribution is -2.28. The van der Waals surface area contributed by atoms with Gasteiger partial charge < -0.3 is 14.9 Å². The Labute approximate surface area is 82.5 Å². The van der Waals surface area contributed by atoms with Gasteiger partial charge in [-0.25, -0.2) is 0 Å². The summed E-state index contributed by atoms with van der Waals surface area (Å²) in [7, 11) is 0. The molecule has 0 aromatic carbocycles. The van der Waals surface area contributed by atoms with Crippen LogP contribution < -0.4 is 5.32 Å². The van der Waals surface area contributed by atoms with E-state index >= 15 is 0 Å². The molecular formula is C9H15N3O2. The van der Waals surface area contributed by atoms with Crippen LogP contribution in [0.3, 0.4) is 0 Å². The average Bonchev–Trinajstić information content (AvgIpc) is 2.67. The second kappa shape index (κ2) is 4.52. The van der Waals surface area contributed by atoms with Gasteiger partial charge in [0.15, 0.2) is 5.82 Å². The molecule has 0 unspecified atom stereocenters. The van der Waals surface area contributed by atoms with Crippen molar-refractivity contribution in [2.75, 3.05) is 13.1 Å². The second-order valence-corrected chi connectivity index (χ2v) is 3.66. The maximum Gasteiger partial charge on any atom is 0.227 e. The Morgan fingerprint density at radius 1 is 1.43 bits per heavy atom. The van der Waals surface area contributed by atoms with Gasteiger partial charge in [0.05, 0.1) is 0 Å². The van der Waals surface area contributed by atoms with E-state index < -0.39 is 0 Å². The van der Waals surface area contributed by atoms with Gasteiger partial charge in [0.1, 0.15) is 6.61 Å². The van der Waals surface area contributed by atoms with E-state index in [1.54, 1.807) is 0 Å². The zero-order valence-electron chi connectivity index (χ0n) is 8.07. The van der Waals surface area contributed by atoms with Crippen molar-refractivity contribution < 1.29 is 9.63 Å². The van der Waals surface area contributed by atoms with Crippen molar-refractivity contribution in [1.82, 2.24) is 15.5 Å². The fourth-order valence-electron chi connectivity index (χ4n) is 1.77. The van der Waals surface area contributed by atoms with Crippen LogP contribution >= 0.6 is 0 Å². The molecule has 2 N–H and O–H groups in total. The third kappa shape index (κ3) is 2.30. The summed E-state index contributed by atoms with van der Waals surface area (Å²) in [6, 6.07) is 0. The van der Waals surface area contributed by atoms with Gasteiger partial charge in [-0.15, -0.1) is 0 Å². The summed E-state index contributed by atoms with van der Waals surface area (Å²) in [6.07, 6.45) is 3.17. The lowest BCUT2D eigenvalue weighted by Gasteiger charge is -2.20. The number of hydrogen-bond acceptors (Lipinski definition) is 5. The first kappa shape index (κ1) is 9.61. The molecule has 2 heterocycles. The van der Waals surface area contributed by atoms with Crippen molar-refractivity contribution in [2.45, 2.75) is 25.9 Å². The molecule has 1 aromatic rings. The average molecular weight is 197 g/mol. The molecule has 0 aliphatic carbocycles. The first-order chi connectivity index (χ1) is 6.88. The van der Waals surface area contributed by atoms with E-state index in [4.69, 9.17) is 9.63 Å². The van der Waals surface area contributed by atoms with Crippen molar-refractivity contribution in [2.24, 2.45) is 5.92 Å². The molecule has 0 saturated carbocycles. The van der Waals surface area contributed by atoms with Crippen LogP contribution in [0.4, 0.5) is 0 Å². The summed E-state index contributed by atoms with van der Waals surface area (Å²) in [6.45, 7) is 2.01. The number of rotatable bonds is 3. The molecule has 1 fully saturated rings. The van der Waals surface area contributed by atoms with Gasteiger partial charge in [-0.3, -0.25) is 0 Å². The van der Waals surface area contributed by atoms with Crippen molar-refractivity contribution in [1.29, 1.82) is 0 Å². The highest BCUT2D eigenvalue weighted by atomic mass is 16.5. The highest BCUT2D eigenvalue weighted by Crippen LogP contribution is 2.16. The van der Waals surface area contributed by atoms with E-state index in [9.17, 15) is 0 Å². The van der Waals surface area contributed by atoms with Gasteiger partial charge in [-0.05, 0) is 31.8 Å². The van der Waals surface area contributed by atoms with E-state index in [0.717, 1.165) is 32.4 Å². The molecular weight excluding hydrogens is 182 g/mol. The number of aliphatic hydroxyl groups is 1. The molecule has 0 amide bonds. The Kier molecular flexibility index (Phi) is 3.10. The van der Waals surface area contributed by atoms with Gasteiger partial charge in [-0.1, -0.05) is 5.16 Å². The van der Waals surface area contributed by atoms with E-state index in [1.807, 2.05) is 0 Å². The van der Waals surface area contributed by atoms with Crippen LogP contribution in [0.1, 0.15) is 24.6 Å². The zero-order valence-corrected chi connectivity index (χ0v) is 8.07. The summed E-state index contributed by atoms with van der Waals surface area (Å²) in [4.78, 5) is 4.07. The molecule has 5 nitrogen and oxygen atoms in total. The summed E-state index contributed by atoms with van der Waals surface area (Å²) in [5.41, 5.74) is 0. The topological polar surface area (TPSA) is 71.2 Å². The predicted octanol–water partition coefficient (Wildman–Crippen LogP) is 0.104. The number of piperidine rings is 1. The van der Waals surface area contributed by atoms with Crippen LogP contribution in [0.2, 0.25) is 0 Å². The SMILES string of the molecule is OCc1noc(CC2CCNCC2)n1. The third-order valence-corrected chi connectivity index (χ3v) is 2.57. The Morgan fingerprint density at radius 2 is 2.21 bits per heavy atom. The maximum absolute atomic E-state index is 8.76. The highest BCUT2D eigenvalue weighted by molar-refractivity contribution is 4.87. The zero-order chi connectivity index (χ0) is 9.80. The molecule has 0 bridgehead atoms. The number of aromatic nitrogens is 2. The van der Waals surface area contributed by atoms with Crippen molar-refractivity contribution in [3.8, 4) is 0 Å². The molecule has 78 valence electrons. The predicted molar refractivity (Wildman–Crippen MR) is 49.5 cm³/mol. The highest BCUT2D eigenvalue weighted by Gasteiger charge is 2.16. The first-order valence-corrected chi connectivity index (χ1v) is 5.01. The molecule has 0 radical (unpaired) electrons. The largest absolute Gasteiger partial charge is 0.388 e. The normalized spacial score (nSPS) is 18.6. The van der Waals surface area contributed by atoms with Crippen LogP contribution in [-0.2, 0) is 13.0 Å². The molecule has 5 heteroatoms. The molecule has 2 rings (SSSR count). The molecule has 1 aliphatic heterocycles. The Morgan fingerprint density at radius 3 is 2.86 bits per heavy atom. The van der Waals surface area contributed by atoms with Crippen molar-refractivity contribution in [3.63, 3.8) is 0 Å². The van der Waals surface area contributed by atoms with Gasteiger partial charge in [0, 0.05) is 6.42 Å². The maximum atomic E-state index is 8.76. The van der Waals surface area contributed by atoms with E-state index in [-0.39, 0.29) is 6.61 Å². The second-order valence-electron chi connectivity index (χ2n) is 3.66. The summed E-state index contributed by atoms with van der Waals surface area (Å²) in [5, 5.41) is 15.7. The summed E-state index contributed by atoms with van der Waals surface area (Å²) >= 11 is 0. The lowest BCUT2D eigenvalue weighted by molar-refractivity contribution is 0.261. The van der Waals surface area contributed by atoms with Crippen LogP contribution in [0.15, 0.2) is 4.52 Å². The standard InChI is InChI=1S/C9H15N3O2/c13-6-8-11-9(14-12-8)5-7-1-3-10-4-2-7/h7,10,13H,1-6H2. The fraction of sp³-hybridized carbons (Fsp3) is 0.778. The number of aliphatic hydroxyl groups excluding tert-OH is 1. The minimum absolute atomic E-state index is 0.143. The lowest BCUT2D eigenvalue weighted by atomic mass is 9.95. The van der Waals surface area contributed by atoms with Crippen LogP contribution in [0.25, 0.3) is 0 Å². The van der Waals surface area contributed by atoms with Gasteiger partial charge in [0.2, 0.25) is 5.89 Å². The number of hydrogen-bond donors (Lipinski definition) is 2. The minimum atomic E-state index is -0.143. The number of nitrogens with zero attached hydrogens (tertiary/aromatic N) is 2.